The number of rotatable bonds is 2. The molecule has 0 spiro atoms. The van der Waals surface area contributed by atoms with Gasteiger partial charge in [-0.05, 0) is 40.2 Å². The van der Waals surface area contributed by atoms with Crippen LogP contribution in [0.25, 0.3) is 11.0 Å². The molecule has 0 fully saturated rings. The van der Waals surface area contributed by atoms with Gasteiger partial charge in [-0.3, -0.25) is 0 Å². The standard InChI is InChI=1S/C14H11BrFN3O/c15-7-3-9-11(6-19-14(9)18-5-7)13(20)10-4-8(17)1-2-12(10)16/h1-6,13,20H,17H2,(H,18,19). The number of benzene rings is 1. The van der Waals surface area contributed by atoms with Crippen molar-refractivity contribution in [3.8, 4) is 0 Å². The van der Waals surface area contributed by atoms with Crippen LogP contribution in [0.5, 0.6) is 0 Å². The van der Waals surface area contributed by atoms with Gasteiger partial charge in [-0.25, -0.2) is 9.37 Å². The molecule has 4 nitrogen and oxygen atoms in total. The van der Waals surface area contributed by atoms with Crippen molar-refractivity contribution in [3.63, 3.8) is 0 Å². The molecule has 0 aliphatic heterocycles. The maximum atomic E-state index is 13.8. The summed E-state index contributed by atoms with van der Waals surface area (Å²) in [5, 5.41) is 11.1. The quantitative estimate of drug-likeness (QED) is 0.630. The Hall–Kier alpha value is -1.92. The first-order chi connectivity index (χ1) is 9.56. The van der Waals surface area contributed by atoms with E-state index >= 15 is 0 Å². The van der Waals surface area contributed by atoms with Gasteiger partial charge in [-0.1, -0.05) is 0 Å². The number of halogens is 2. The smallest absolute Gasteiger partial charge is 0.137 e. The molecule has 0 bridgehead atoms. The van der Waals surface area contributed by atoms with Crippen LogP contribution in [0.3, 0.4) is 0 Å². The summed E-state index contributed by atoms with van der Waals surface area (Å²) in [4.78, 5) is 7.14. The van der Waals surface area contributed by atoms with Crippen LogP contribution in [0.15, 0.2) is 41.1 Å². The highest BCUT2D eigenvalue weighted by Gasteiger charge is 2.19. The van der Waals surface area contributed by atoms with E-state index in [0.29, 0.717) is 16.9 Å². The van der Waals surface area contributed by atoms with Gasteiger partial charge >= 0.3 is 0 Å². The summed E-state index contributed by atoms with van der Waals surface area (Å²) < 4.78 is 14.6. The molecule has 0 radical (unpaired) electrons. The Labute approximate surface area is 122 Å². The molecule has 2 aromatic heterocycles. The number of anilines is 1. The minimum absolute atomic E-state index is 0.144. The Balaban J connectivity index is 2.15. The van der Waals surface area contributed by atoms with Gasteiger partial charge in [0.15, 0.2) is 0 Å². The molecule has 0 amide bonds. The first-order valence-electron chi connectivity index (χ1n) is 5.92. The molecule has 0 aliphatic carbocycles. The van der Waals surface area contributed by atoms with E-state index in [2.05, 4.69) is 25.9 Å². The maximum Gasteiger partial charge on any atom is 0.137 e. The normalized spacial score (nSPS) is 12.8. The van der Waals surface area contributed by atoms with Crippen molar-refractivity contribution >= 4 is 32.7 Å². The molecule has 20 heavy (non-hydrogen) atoms. The van der Waals surface area contributed by atoms with Gasteiger partial charge < -0.3 is 15.8 Å². The van der Waals surface area contributed by atoms with Crippen LogP contribution in [0.2, 0.25) is 0 Å². The molecule has 0 saturated heterocycles. The Morgan fingerprint density at radius 2 is 2.10 bits per heavy atom. The lowest BCUT2D eigenvalue weighted by Crippen LogP contribution is -2.03. The highest BCUT2D eigenvalue weighted by molar-refractivity contribution is 9.10. The fourth-order valence-electron chi connectivity index (χ4n) is 2.16. The number of aromatic amines is 1. The predicted molar refractivity (Wildman–Crippen MR) is 78.7 cm³/mol. The second kappa shape index (κ2) is 4.88. The fourth-order valence-corrected chi connectivity index (χ4v) is 2.50. The number of hydrogen-bond acceptors (Lipinski definition) is 3. The number of pyridine rings is 1. The molecule has 1 aromatic carbocycles. The molecule has 6 heteroatoms. The molecular formula is C14H11BrFN3O. The average molecular weight is 336 g/mol. The zero-order chi connectivity index (χ0) is 14.3. The topological polar surface area (TPSA) is 74.9 Å². The molecule has 1 unspecified atom stereocenters. The third-order valence-corrected chi connectivity index (χ3v) is 3.57. The number of nitrogen functional groups attached to an aromatic ring is 1. The number of aliphatic hydroxyl groups is 1. The molecule has 2 heterocycles. The Morgan fingerprint density at radius 3 is 2.90 bits per heavy atom. The molecule has 0 saturated carbocycles. The summed E-state index contributed by atoms with van der Waals surface area (Å²) in [5.74, 6) is -0.496. The van der Waals surface area contributed by atoms with Crippen molar-refractivity contribution in [2.24, 2.45) is 0 Å². The van der Waals surface area contributed by atoms with Crippen LogP contribution in [0.1, 0.15) is 17.2 Å². The molecule has 3 rings (SSSR count). The van der Waals surface area contributed by atoms with Crippen molar-refractivity contribution in [2.45, 2.75) is 6.10 Å². The monoisotopic (exact) mass is 335 g/mol. The lowest BCUT2D eigenvalue weighted by atomic mass is 10.0. The zero-order valence-electron chi connectivity index (χ0n) is 10.3. The van der Waals surface area contributed by atoms with E-state index in [1.54, 1.807) is 12.4 Å². The van der Waals surface area contributed by atoms with Crippen LogP contribution in [-0.2, 0) is 0 Å². The lowest BCUT2D eigenvalue weighted by molar-refractivity contribution is 0.216. The van der Waals surface area contributed by atoms with Crippen molar-refractivity contribution < 1.29 is 9.50 Å². The van der Waals surface area contributed by atoms with Crippen LogP contribution in [-0.4, -0.2) is 15.1 Å². The molecule has 0 aliphatic rings. The Morgan fingerprint density at radius 1 is 1.30 bits per heavy atom. The molecular weight excluding hydrogens is 325 g/mol. The van der Waals surface area contributed by atoms with E-state index < -0.39 is 11.9 Å². The van der Waals surface area contributed by atoms with E-state index in [1.165, 1.54) is 18.2 Å². The number of nitrogens with zero attached hydrogens (tertiary/aromatic N) is 1. The van der Waals surface area contributed by atoms with Gasteiger partial charge in [-0.15, -0.1) is 0 Å². The zero-order valence-corrected chi connectivity index (χ0v) is 11.9. The first-order valence-corrected chi connectivity index (χ1v) is 6.71. The minimum atomic E-state index is -1.11. The molecule has 1 atom stereocenters. The highest BCUT2D eigenvalue weighted by Crippen LogP contribution is 2.31. The summed E-state index contributed by atoms with van der Waals surface area (Å²) in [6.45, 7) is 0. The summed E-state index contributed by atoms with van der Waals surface area (Å²) in [7, 11) is 0. The van der Waals surface area contributed by atoms with Crippen LogP contribution < -0.4 is 5.73 Å². The average Bonchev–Trinajstić information content (AvgIpc) is 2.83. The van der Waals surface area contributed by atoms with Gasteiger partial charge in [0.2, 0.25) is 0 Å². The first kappa shape index (κ1) is 13.1. The number of nitrogens with two attached hydrogens (primary N) is 1. The van der Waals surface area contributed by atoms with Gasteiger partial charge in [-0.2, -0.15) is 0 Å². The van der Waals surface area contributed by atoms with Gasteiger partial charge in [0.1, 0.15) is 17.6 Å². The predicted octanol–water partition coefficient (Wildman–Crippen LogP) is 3.13. The number of aromatic nitrogens is 2. The molecule has 3 aromatic rings. The third kappa shape index (κ3) is 2.17. The van der Waals surface area contributed by atoms with E-state index in [9.17, 15) is 9.50 Å². The lowest BCUT2D eigenvalue weighted by Gasteiger charge is -2.12. The van der Waals surface area contributed by atoms with Gasteiger partial charge in [0.05, 0.1) is 0 Å². The van der Waals surface area contributed by atoms with E-state index in [1.807, 2.05) is 6.07 Å². The second-order valence-corrected chi connectivity index (χ2v) is 5.39. The van der Waals surface area contributed by atoms with E-state index in [0.717, 1.165) is 9.86 Å². The molecule has 102 valence electrons. The number of H-pyrrole nitrogens is 1. The minimum Gasteiger partial charge on any atom is -0.399 e. The second-order valence-electron chi connectivity index (χ2n) is 4.48. The van der Waals surface area contributed by atoms with Crippen LogP contribution in [0.4, 0.5) is 10.1 Å². The number of hydrogen-bond donors (Lipinski definition) is 3. The van der Waals surface area contributed by atoms with E-state index in [4.69, 9.17) is 5.73 Å². The maximum absolute atomic E-state index is 13.8. The van der Waals surface area contributed by atoms with Gasteiger partial charge in [0.25, 0.3) is 0 Å². The number of nitrogens with one attached hydrogen (secondary N) is 1. The fraction of sp³-hybridized carbons (Fsp3) is 0.0714. The Bertz CT molecular complexity index is 787. The SMILES string of the molecule is Nc1ccc(F)c(C(O)c2c[nH]c3ncc(Br)cc23)c1. The highest BCUT2D eigenvalue weighted by atomic mass is 79.9. The largest absolute Gasteiger partial charge is 0.399 e. The number of aliphatic hydroxyl groups excluding tert-OH is 1. The van der Waals surface area contributed by atoms with Crippen LogP contribution in [0, 0.1) is 5.82 Å². The van der Waals surface area contributed by atoms with Crippen molar-refractivity contribution in [2.75, 3.05) is 5.73 Å². The summed E-state index contributed by atoms with van der Waals surface area (Å²) in [5.41, 5.74) is 7.38. The van der Waals surface area contributed by atoms with Crippen molar-refractivity contribution in [1.29, 1.82) is 0 Å². The van der Waals surface area contributed by atoms with Crippen molar-refractivity contribution in [1.82, 2.24) is 9.97 Å². The van der Waals surface area contributed by atoms with Crippen LogP contribution >= 0.6 is 15.9 Å². The summed E-state index contributed by atoms with van der Waals surface area (Å²) >= 11 is 3.33. The Kier molecular flexibility index (Phi) is 3.19. The number of fused-ring (bicyclic) bond motifs is 1. The van der Waals surface area contributed by atoms with E-state index in [-0.39, 0.29) is 5.56 Å². The van der Waals surface area contributed by atoms with Crippen molar-refractivity contribution in [3.05, 3.63) is 58.1 Å². The summed E-state index contributed by atoms with van der Waals surface area (Å²) in [6.07, 6.45) is 2.16. The third-order valence-electron chi connectivity index (χ3n) is 3.14. The molecule has 4 N–H and O–H groups in total. The summed E-state index contributed by atoms with van der Waals surface area (Å²) in [6, 6.07) is 5.96. The van der Waals surface area contributed by atoms with Gasteiger partial charge in [0, 0.05) is 39.1 Å².